The predicted octanol–water partition coefficient (Wildman–Crippen LogP) is 2.27. The standard InChI is InChI=1S/C19H23N3O3S2/c1-16(23)15-26-19-8-7-18(13-20-19)27(24,25)22-11-9-21(10-12-22)14-17-5-3-2-4-6-17/h2-8,13H,9-12,14-15H2,1H3. The number of ketones is 1. The first-order chi connectivity index (χ1) is 12.9. The van der Waals surface area contributed by atoms with E-state index in [-0.39, 0.29) is 10.7 Å². The molecular formula is C19H23N3O3S2. The Morgan fingerprint density at radius 3 is 2.37 bits per heavy atom. The van der Waals surface area contributed by atoms with Crippen LogP contribution in [-0.4, -0.2) is 60.3 Å². The average Bonchev–Trinajstić information content (AvgIpc) is 2.68. The van der Waals surface area contributed by atoms with Crippen molar-refractivity contribution >= 4 is 27.6 Å². The highest BCUT2D eigenvalue weighted by atomic mass is 32.2. The number of nitrogens with zero attached hydrogens (tertiary/aromatic N) is 3. The fourth-order valence-electron chi connectivity index (χ4n) is 2.90. The van der Waals surface area contributed by atoms with E-state index in [0.29, 0.717) is 37.0 Å². The maximum atomic E-state index is 12.8. The molecule has 1 saturated heterocycles. The molecule has 0 saturated carbocycles. The van der Waals surface area contributed by atoms with Gasteiger partial charge in [-0.05, 0) is 24.6 Å². The Hall–Kier alpha value is -1.74. The Bertz CT molecular complexity index is 863. The molecule has 6 nitrogen and oxygen atoms in total. The third kappa shape index (κ3) is 5.38. The van der Waals surface area contributed by atoms with E-state index in [2.05, 4.69) is 22.0 Å². The van der Waals surface area contributed by atoms with Crippen LogP contribution in [0.5, 0.6) is 0 Å². The largest absolute Gasteiger partial charge is 0.299 e. The number of aromatic nitrogens is 1. The van der Waals surface area contributed by atoms with E-state index in [1.807, 2.05) is 18.2 Å². The summed E-state index contributed by atoms with van der Waals surface area (Å²) >= 11 is 1.31. The van der Waals surface area contributed by atoms with Gasteiger partial charge in [0, 0.05) is 38.9 Å². The van der Waals surface area contributed by atoms with E-state index in [4.69, 9.17) is 0 Å². The van der Waals surface area contributed by atoms with Gasteiger partial charge in [-0.1, -0.05) is 42.1 Å². The number of piperazine rings is 1. The van der Waals surface area contributed by atoms with Crippen molar-refractivity contribution in [2.24, 2.45) is 0 Å². The van der Waals surface area contributed by atoms with Crippen LogP contribution < -0.4 is 0 Å². The molecule has 2 heterocycles. The SMILES string of the molecule is CC(=O)CSc1ccc(S(=O)(=O)N2CCN(Cc3ccccc3)CC2)cn1. The molecule has 2 aromatic rings. The van der Waals surface area contributed by atoms with Gasteiger partial charge in [0.1, 0.15) is 10.7 Å². The molecular weight excluding hydrogens is 382 g/mol. The highest BCUT2D eigenvalue weighted by Gasteiger charge is 2.28. The summed E-state index contributed by atoms with van der Waals surface area (Å²) in [6.07, 6.45) is 1.38. The molecule has 1 aliphatic rings. The molecule has 0 spiro atoms. The smallest absolute Gasteiger partial charge is 0.244 e. The molecule has 0 N–H and O–H groups in total. The minimum Gasteiger partial charge on any atom is -0.299 e. The van der Waals surface area contributed by atoms with Crippen molar-refractivity contribution in [3.63, 3.8) is 0 Å². The van der Waals surface area contributed by atoms with Crippen LogP contribution in [0.25, 0.3) is 0 Å². The van der Waals surface area contributed by atoms with Crippen molar-refractivity contribution < 1.29 is 13.2 Å². The van der Waals surface area contributed by atoms with Crippen LogP contribution in [0.4, 0.5) is 0 Å². The summed E-state index contributed by atoms with van der Waals surface area (Å²) in [5.74, 6) is 0.398. The summed E-state index contributed by atoms with van der Waals surface area (Å²) in [7, 11) is -3.54. The molecule has 1 fully saturated rings. The number of carbonyl (C=O) groups excluding carboxylic acids is 1. The van der Waals surface area contributed by atoms with Crippen molar-refractivity contribution in [3.8, 4) is 0 Å². The number of pyridine rings is 1. The molecule has 8 heteroatoms. The minimum atomic E-state index is -3.54. The predicted molar refractivity (Wildman–Crippen MR) is 106 cm³/mol. The zero-order valence-corrected chi connectivity index (χ0v) is 16.9. The minimum absolute atomic E-state index is 0.0619. The lowest BCUT2D eigenvalue weighted by molar-refractivity contribution is -0.114. The fourth-order valence-corrected chi connectivity index (χ4v) is 4.91. The van der Waals surface area contributed by atoms with Crippen LogP contribution in [0.15, 0.2) is 58.6 Å². The van der Waals surface area contributed by atoms with Crippen molar-refractivity contribution in [3.05, 3.63) is 54.2 Å². The van der Waals surface area contributed by atoms with Gasteiger partial charge >= 0.3 is 0 Å². The first-order valence-corrected chi connectivity index (χ1v) is 11.2. The van der Waals surface area contributed by atoms with Gasteiger partial charge in [-0.3, -0.25) is 9.69 Å². The molecule has 0 aliphatic carbocycles. The first-order valence-electron chi connectivity index (χ1n) is 8.80. The highest BCUT2D eigenvalue weighted by molar-refractivity contribution is 7.99. The van der Waals surface area contributed by atoms with Crippen LogP contribution in [0.3, 0.4) is 0 Å². The maximum Gasteiger partial charge on any atom is 0.244 e. The second kappa shape index (κ2) is 8.97. The molecule has 1 aromatic heterocycles. The maximum absolute atomic E-state index is 12.8. The number of benzene rings is 1. The summed E-state index contributed by atoms with van der Waals surface area (Å²) < 4.78 is 27.2. The fraction of sp³-hybridized carbons (Fsp3) is 0.368. The lowest BCUT2D eigenvalue weighted by Gasteiger charge is -2.33. The summed E-state index contributed by atoms with van der Waals surface area (Å²) in [4.78, 5) is 17.7. The van der Waals surface area contributed by atoms with Gasteiger partial charge in [-0.15, -0.1) is 0 Å². The molecule has 144 valence electrons. The average molecular weight is 406 g/mol. The summed E-state index contributed by atoms with van der Waals surface area (Å²) in [5.41, 5.74) is 1.23. The highest BCUT2D eigenvalue weighted by Crippen LogP contribution is 2.21. The Morgan fingerprint density at radius 2 is 1.78 bits per heavy atom. The van der Waals surface area contributed by atoms with Gasteiger partial charge < -0.3 is 0 Å². The number of sulfonamides is 1. The zero-order chi connectivity index (χ0) is 19.3. The number of hydrogen-bond acceptors (Lipinski definition) is 6. The molecule has 0 radical (unpaired) electrons. The second-order valence-corrected chi connectivity index (χ2v) is 9.42. The third-order valence-electron chi connectivity index (χ3n) is 4.35. The second-order valence-electron chi connectivity index (χ2n) is 6.49. The summed E-state index contributed by atoms with van der Waals surface area (Å²) in [6.45, 7) is 4.69. The number of hydrogen-bond donors (Lipinski definition) is 0. The topological polar surface area (TPSA) is 70.6 Å². The summed E-state index contributed by atoms with van der Waals surface area (Å²) in [5, 5.41) is 0.650. The van der Waals surface area contributed by atoms with Crippen LogP contribution in [-0.2, 0) is 21.4 Å². The Balaban J connectivity index is 1.58. The van der Waals surface area contributed by atoms with Gasteiger partial charge in [-0.25, -0.2) is 13.4 Å². The van der Waals surface area contributed by atoms with Crippen molar-refractivity contribution in [2.75, 3.05) is 31.9 Å². The Morgan fingerprint density at radius 1 is 1.07 bits per heavy atom. The Labute approximate surface area is 164 Å². The van der Waals surface area contributed by atoms with Gasteiger partial charge in [0.25, 0.3) is 0 Å². The lowest BCUT2D eigenvalue weighted by Crippen LogP contribution is -2.48. The molecule has 3 rings (SSSR count). The molecule has 1 aliphatic heterocycles. The summed E-state index contributed by atoms with van der Waals surface area (Å²) in [6, 6.07) is 13.4. The number of carbonyl (C=O) groups is 1. The van der Waals surface area contributed by atoms with Gasteiger partial charge in [-0.2, -0.15) is 4.31 Å². The van der Waals surface area contributed by atoms with Crippen LogP contribution in [0, 0.1) is 0 Å². The zero-order valence-electron chi connectivity index (χ0n) is 15.2. The van der Waals surface area contributed by atoms with Gasteiger partial charge in [0.15, 0.2) is 0 Å². The quantitative estimate of drug-likeness (QED) is 0.658. The van der Waals surface area contributed by atoms with E-state index >= 15 is 0 Å². The molecule has 1 aromatic carbocycles. The van der Waals surface area contributed by atoms with E-state index < -0.39 is 10.0 Å². The Kier molecular flexibility index (Phi) is 6.64. The molecule has 27 heavy (non-hydrogen) atoms. The number of Topliss-reactive ketones (excluding diaryl/α,β-unsaturated/α-hetero) is 1. The van der Waals surface area contributed by atoms with Crippen molar-refractivity contribution in [1.29, 1.82) is 0 Å². The van der Waals surface area contributed by atoms with E-state index in [1.54, 1.807) is 12.1 Å². The molecule has 0 unspecified atom stereocenters. The van der Waals surface area contributed by atoms with Crippen molar-refractivity contribution in [1.82, 2.24) is 14.2 Å². The van der Waals surface area contributed by atoms with Crippen LogP contribution >= 0.6 is 11.8 Å². The first kappa shape index (κ1) is 20.0. The van der Waals surface area contributed by atoms with E-state index in [0.717, 1.165) is 6.54 Å². The molecule has 0 atom stereocenters. The third-order valence-corrected chi connectivity index (χ3v) is 7.32. The number of rotatable bonds is 7. The van der Waals surface area contributed by atoms with E-state index in [1.165, 1.54) is 34.8 Å². The molecule has 0 amide bonds. The van der Waals surface area contributed by atoms with Crippen LogP contribution in [0.1, 0.15) is 12.5 Å². The van der Waals surface area contributed by atoms with E-state index in [9.17, 15) is 13.2 Å². The molecule has 0 bridgehead atoms. The lowest BCUT2D eigenvalue weighted by atomic mass is 10.2. The normalized spacial score (nSPS) is 16.3. The van der Waals surface area contributed by atoms with Crippen molar-refractivity contribution in [2.45, 2.75) is 23.4 Å². The monoisotopic (exact) mass is 405 g/mol. The number of thioether (sulfide) groups is 1. The van der Waals surface area contributed by atoms with Gasteiger partial charge in [0.2, 0.25) is 10.0 Å². The van der Waals surface area contributed by atoms with Gasteiger partial charge in [0.05, 0.1) is 10.8 Å². The van der Waals surface area contributed by atoms with Crippen LogP contribution in [0.2, 0.25) is 0 Å².